The Bertz CT molecular complexity index is 2060. The number of nitrogen functional groups attached to an aromatic ring is 1. The van der Waals surface area contributed by atoms with E-state index < -0.39 is 96.6 Å². The van der Waals surface area contributed by atoms with Gasteiger partial charge in [0.15, 0.2) is 22.8 Å². The molecule has 66 heavy (non-hydrogen) atoms. The standard InChI is InChI=1S/C35H60N7O20P3S/c1-35(2,30(49)33(50)38-15-14-24(44)37-16-17-66-26(47)13-9-8-11-22(43)10-6-4-3-5-7-12-25(45)46)19-59-65(56,57)62-64(54,55)58-18-23-29(61-63(51,52)53)28(48)34(60-23)42-21-41-27-31(36)39-20-40-32(27)42/h20-23,28-30,34,43,48-49H,3-19H2,1-2H3,(H,37,44)(H,38,50)(H,45,46)(H,54,55)(H,56,57)(H2,36,39,40)(H2,51,52,53). The van der Waals surface area contributed by atoms with Crippen LogP contribution in [-0.4, -0.2) is 145 Å². The minimum Gasteiger partial charge on any atom is -0.481 e. The number of ether oxygens (including phenoxy) is 1. The van der Waals surface area contributed by atoms with Crippen molar-refractivity contribution in [3.63, 3.8) is 0 Å². The van der Waals surface area contributed by atoms with Gasteiger partial charge in [0.25, 0.3) is 0 Å². The molecule has 3 rings (SSSR count). The molecule has 0 saturated carbocycles. The second-order valence-electron chi connectivity index (χ2n) is 15.9. The molecule has 0 bridgehead atoms. The molecule has 2 amide bonds. The summed E-state index contributed by atoms with van der Waals surface area (Å²) in [5, 5.41) is 45.2. The number of aliphatic carboxylic acids is 1. The number of phosphoric ester groups is 3. The second kappa shape index (κ2) is 26.7. The van der Waals surface area contributed by atoms with E-state index in [0.717, 1.165) is 54.7 Å². The zero-order valence-electron chi connectivity index (χ0n) is 36.2. The Morgan fingerprint density at radius 3 is 2.21 bits per heavy atom. The van der Waals surface area contributed by atoms with Gasteiger partial charge in [0.05, 0.1) is 25.6 Å². The normalized spacial score (nSPS) is 20.6. The van der Waals surface area contributed by atoms with Crippen molar-refractivity contribution in [1.29, 1.82) is 0 Å². The lowest BCUT2D eigenvalue weighted by atomic mass is 9.87. The van der Waals surface area contributed by atoms with Gasteiger partial charge in [-0.3, -0.25) is 37.3 Å². The average molecular weight is 1020 g/mol. The number of unbranched alkanes of at least 4 members (excludes halogenated alkanes) is 5. The van der Waals surface area contributed by atoms with Crippen LogP contribution in [0.15, 0.2) is 12.7 Å². The Balaban J connectivity index is 1.33. The average Bonchev–Trinajstić information content (AvgIpc) is 3.78. The molecule has 1 aliphatic heterocycles. The predicted molar refractivity (Wildman–Crippen MR) is 232 cm³/mol. The van der Waals surface area contributed by atoms with E-state index in [4.69, 9.17) is 24.6 Å². The molecular weight excluding hydrogens is 963 g/mol. The summed E-state index contributed by atoms with van der Waals surface area (Å²) in [4.78, 5) is 98.7. The Hall–Kier alpha value is -3.01. The summed E-state index contributed by atoms with van der Waals surface area (Å²) in [6.07, 6.45) is -0.239. The molecule has 2 aromatic heterocycles. The third-order valence-corrected chi connectivity index (χ3v) is 13.9. The lowest BCUT2D eigenvalue weighted by Crippen LogP contribution is -2.46. The van der Waals surface area contributed by atoms with E-state index in [0.29, 0.717) is 44.3 Å². The number of nitrogens with zero attached hydrogens (tertiary/aromatic N) is 4. The van der Waals surface area contributed by atoms with Crippen molar-refractivity contribution < 1.29 is 95.5 Å². The number of aromatic nitrogens is 4. The highest BCUT2D eigenvalue weighted by Gasteiger charge is 2.50. The second-order valence-corrected chi connectivity index (χ2v) is 21.3. The summed E-state index contributed by atoms with van der Waals surface area (Å²) in [7, 11) is -16.5. The van der Waals surface area contributed by atoms with E-state index in [9.17, 15) is 67.8 Å². The van der Waals surface area contributed by atoms with Crippen molar-refractivity contribution in [1.82, 2.24) is 30.2 Å². The van der Waals surface area contributed by atoms with Gasteiger partial charge in [0, 0.05) is 43.5 Å². The minimum atomic E-state index is -5.59. The number of anilines is 1. The smallest absolute Gasteiger partial charge is 0.481 e. The highest BCUT2D eigenvalue weighted by molar-refractivity contribution is 8.13. The van der Waals surface area contributed by atoms with Crippen LogP contribution < -0.4 is 16.4 Å². The first-order valence-corrected chi connectivity index (χ1v) is 26.3. The summed E-state index contributed by atoms with van der Waals surface area (Å²) in [5.41, 5.74) is 4.23. The fourth-order valence-electron chi connectivity index (χ4n) is 6.35. The highest BCUT2D eigenvalue weighted by atomic mass is 32.2. The first kappa shape index (κ1) is 57.3. The number of carboxylic acid groups (broad SMARTS) is 1. The zero-order valence-corrected chi connectivity index (χ0v) is 39.7. The molecule has 2 aromatic rings. The maximum Gasteiger partial charge on any atom is 0.481 e. The van der Waals surface area contributed by atoms with Gasteiger partial charge in [-0.15, -0.1) is 0 Å². The van der Waals surface area contributed by atoms with Crippen molar-refractivity contribution in [2.24, 2.45) is 5.41 Å². The molecule has 0 radical (unpaired) electrons. The topological polar surface area (TPSA) is 421 Å². The van der Waals surface area contributed by atoms with E-state index in [-0.39, 0.29) is 48.0 Å². The van der Waals surface area contributed by atoms with Crippen molar-refractivity contribution in [3.05, 3.63) is 12.7 Å². The van der Waals surface area contributed by atoms with Gasteiger partial charge in [-0.2, -0.15) is 4.31 Å². The number of fused-ring (bicyclic) bond motifs is 1. The number of carboxylic acids is 1. The Kier molecular flexibility index (Phi) is 23.2. The Morgan fingerprint density at radius 2 is 1.53 bits per heavy atom. The number of carbonyl (C=O) groups excluding carboxylic acids is 3. The third kappa shape index (κ3) is 20.3. The molecule has 8 unspecified atom stereocenters. The highest BCUT2D eigenvalue weighted by Crippen LogP contribution is 2.61. The molecule has 0 spiro atoms. The van der Waals surface area contributed by atoms with Gasteiger partial charge in [0.1, 0.15) is 36.3 Å². The molecule has 3 heterocycles. The number of aliphatic hydroxyl groups excluding tert-OH is 3. The molecule has 31 heteroatoms. The van der Waals surface area contributed by atoms with Crippen molar-refractivity contribution in [2.45, 2.75) is 128 Å². The molecule has 1 fully saturated rings. The molecule has 27 nitrogen and oxygen atoms in total. The Labute approximate surface area is 383 Å². The van der Waals surface area contributed by atoms with Crippen molar-refractivity contribution in [3.8, 4) is 0 Å². The van der Waals surface area contributed by atoms with Crippen LogP contribution in [0.2, 0.25) is 0 Å². The van der Waals surface area contributed by atoms with Gasteiger partial charge in [0.2, 0.25) is 11.8 Å². The Morgan fingerprint density at radius 1 is 0.894 bits per heavy atom. The number of nitrogens with two attached hydrogens (primary N) is 1. The van der Waals surface area contributed by atoms with Gasteiger partial charge in [-0.25, -0.2) is 28.6 Å². The predicted octanol–water partition coefficient (Wildman–Crippen LogP) is 1.40. The van der Waals surface area contributed by atoms with Crippen LogP contribution in [0.5, 0.6) is 0 Å². The number of thioether (sulfide) groups is 1. The number of imidazole rings is 1. The fourth-order valence-corrected chi connectivity index (χ4v) is 9.90. The maximum absolute atomic E-state index is 12.7. The van der Waals surface area contributed by atoms with E-state index in [1.165, 1.54) is 13.8 Å². The summed E-state index contributed by atoms with van der Waals surface area (Å²) in [6, 6.07) is 0. The van der Waals surface area contributed by atoms with E-state index in [1.54, 1.807) is 0 Å². The molecule has 0 aliphatic carbocycles. The molecule has 1 aliphatic rings. The number of phosphoric acid groups is 3. The maximum atomic E-state index is 12.7. The van der Waals surface area contributed by atoms with E-state index in [1.807, 2.05) is 0 Å². The summed E-state index contributed by atoms with van der Waals surface area (Å²) < 4.78 is 62.3. The molecule has 0 aromatic carbocycles. The number of carbonyl (C=O) groups is 4. The van der Waals surface area contributed by atoms with Crippen molar-refractivity contribution >= 4 is 75.1 Å². The largest absolute Gasteiger partial charge is 0.481 e. The number of aliphatic hydroxyl groups is 3. The zero-order chi connectivity index (χ0) is 49.3. The van der Waals surface area contributed by atoms with Gasteiger partial charge in [-0.05, 0) is 25.7 Å². The molecule has 12 N–H and O–H groups in total. The van der Waals surface area contributed by atoms with Crippen LogP contribution in [-0.2, 0) is 55.5 Å². The molecule has 1 saturated heterocycles. The van der Waals surface area contributed by atoms with Crippen molar-refractivity contribution in [2.75, 3.05) is 37.8 Å². The summed E-state index contributed by atoms with van der Waals surface area (Å²) >= 11 is 1.05. The van der Waals surface area contributed by atoms with Crippen LogP contribution in [0.4, 0.5) is 5.82 Å². The van der Waals surface area contributed by atoms with Crippen LogP contribution in [0.25, 0.3) is 11.2 Å². The van der Waals surface area contributed by atoms with Crippen LogP contribution in [0.1, 0.15) is 97.1 Å². The number of rotatable bonds is 32. The van der Waals surface area contributed by atoms with E-state index >= 15 is 0 Å². The first-order chi connectivity index (χ1) is 30.8. The SMILES string of the molecule is CC(C)(COP(=O)(O)OP(=O)(O)OCC1OC(n2cnc3c(N)ncnc32)C(O)C1OP(=O)(O)O)C(O)C(=O)NCCC(=O)NCCSC(=O)CCCCC(O)CCCCCCCC(=O)O. The third-order valence-electron chi connectivity index (χ3n) is 9.86. The van der Waals surface area contributed by atoms with Gasteiger partial charge < -0.3 is 61.1 Å². The lowest BCUT2D eigenvalue weighted by Gasteiger charge is -2.30. The monoisotopic (exact) mass is 1020 g/mol. The van der Waals surface area contributed by atoms with Crippen LogP contribution in [0.3, 0.4) is 0 Å². The summed E-state index contributed by atoms with van der Waals surface area (Å²) in [6.45, 7) is 0.378. The number of amides is 2. The fraction of sp³-hybridized carbons (Fsp3) is 0.743. The van der Waals surface area contributed by atoms with Crippen LogP contribution in [0, 0.1) is 5.41 Å². The molecule has 8 atom stereocenters. The lowest BCUT2D eigenvalue weighted by molar-refractivity contribution is -0.137. The minimum absolute atomic E-state index is 0.0224. The van der Waals surface area contributed by atoms with E-state index in [2.05, 4.69) is 34.4 Å². The van der Waals surface area contributed by atoms with Gasteiger partial charge >= 0.3 is 29.4 Å². The number of nitrogens with one attached hydrogen (secondary N) is 2. The number of hydrogen-bond acceptors (Lipinski definition) is 20. The molecular formula is C35H60N7O20P3S. The summed E-state index contributed by atoms with van der Waals surface area (Å²) in [5.74, 6) is -2.00. The first-order valence-electron chi connectivity index (χ1n) is 20.8. The van der Waals surface area contributed by atoms with Crippen LogP contribution >= 0.6 is 35.2 Å². The number of hydrogen-bond donors (Lipinski definition) is 11. The molecule has 376 valence electrons. The quantitative estimate of drug-likeness (QED) is 0.0364. The van der Waals surface area contributed by atoms with Gasteiger partial charge in [-0.1, -0.05) is 57.7 Å².